The normalized spacial score (nSPS) is 11.4. The first-order valence-corrected chi connectivity index (χ1v) is 6.98. The molecule has 0 aliphatic carbocycles. The molecule has 21 heavy (non-hydrogen) atoms. The third-order valence-electron chi connectivity index (χ3n) is 3.02. The van der Waals surface area contributed by atoms with Crippen LogP contribution in [0, 0.1) is 11.8 Å². The Morgan fingerprint density at radius 1 is 1.24 bits per heavy atom. The van der Waals surface area contributed by atoms with Crippen molar-refractivity contribution >= 4 is 5.91 Å². The van der Waals surface area contributed by atoms with E-state index in [0.717, 1.165) is 11.1 Å². The molecule has 0 saturated heterocycles. The molecule has 1 aromatic carbocycles. The van der Waals surface area contributed by atoms with Crippen molar-refractivity contribution in [1.29, 1.82) is 0 Å². The Morgan fingerprint density at radius 2 is 1.95 bits per heavy atom. The molecular weight excluding hydrogens is 270 g/mol. The first-order chi connectivity index (χ1) is 10.2. The van der Waals surface area contributed by atoms with E-state index in [2.05, 4.69) is 11.8 Å². The summed E-state index contributed by atoms with van der Waals surface area (Å²) in [4.78, 5) is 10.8. The molecule has 0 radical (unpaired) electrons. The molecule has 114 valence electrons. The molecule has 0 bridgehead atoms. The third-order valence-corrected chi connectivity index (χ3v) is 3.02. The van der Waals surface area contributed by atoms with Crippen LogP contribution in [0.2, 0.25) is 0 Å². The van der Waals surface area contributed by atoms with Gasteiger partial charge in [0, 0.05) is 18.4 Å². The van der Waals surface area contributed by atoms with Crippen LogP contribution in [0.5, 0.6) is 0 Å². The second kappa shape index (κ2) is 9.94. The molecule has 0 spiro atoms. The lowest BCUT2D eigenvalue weighted by Gasteiger charge is -2.10. The van der Waals surface area contributed by atoms with Crippen LogP contribution in [0.1, 0.15) is 49.3 Å². The standard InChI is InChI=1S/C16H21NO4/c18-12-4-3-5-13-8-10-14(11-9-13)15(19)6-1-2-7-16(20)17-21/h8-11,15,18-19,21H,1-2,4,6-7,12H2,(H,17,20). The van der Waals surface area contributed by atoms with Gasteiger partial charge in [-0.05, 0) is 30.5 Å². The number of hydrogen-bond acceptors (Lipinski definition) is 4. The van der Waals surface area contributed by atoms with Gasteiger partial charge >= 0.3 is 0 Å². The maximum absolute atomic E-state index is 10.8. The van der Waals surface area contributed by atoms with Crippen molar-refractivity contribution in [1.82, 2.24) is 5.48 Å². The molecule has 0 aromatic heterocycles. The molecule has 0 aliphatic heterocycles. The molecule has 1 atom stereocenters. The minimum absolute atomic E-state index is 0.0537. The van der Waals surface area contributed by atoms with Gasteiger partial charge in [-0.1, -0.05) is 30.4 Å². The predicted molar refractivity (Wildman–Crippen MR) is 78.4 cm³/mol. The van der Waals surface area contributed by atoms with Gasteiger partial charge in [-0.25, -0.2) is 5.48 Å². The molecule has 5 heteroatoms. The highest BCUT2D eigenvalue weighted by atomic mass is 16.5. The van der Waals surface area contributed by atoms with E-state index >= 15 is 0 Å². The maximum atomic E-state index is 10.8. The fraction of sp³-hybridized carbons (Fsp3) is 0.438. The highest BCUT2D eigenvalue weighted by molar-refractivity contribution is 5.74. The Bertz CT molecular complexity index is 487. The molecule has 1 aromatic rings. The molecule has 0 heterocycles. The third kappa shape index (κ3) is 6.91. The monoisotopic (exact) mass is 291 g/mol. The topological polar surface area (TPSA) is 89.8 Å². The van der Waals surface area contributed by atoms with Crippen LogP contribution in [-0.2, 0) is 4.79 Å². The fourth-order valence-corrected chi connectivity index (χ4v) is 1.85. The first-order valence-electron chi connectivity index (χ1n) is 6.98. The van der Waals surface area contributed by atoms with Gasteiger partial charge in [-0.15, -0.1) is 0 Å². The minimum Gasteiger partial charge on any atom is -0.395 e. The first kappa shape index (κ1) is 17.2. The molecular formula is C16H21NO4. The van der Waals surface area contributed by atoms with E-state index in [0.29, 0.717) is 25.7 Å². The Kier molecular flexibility index (Phi) is 8.14. The SMILES string of the molecule is O=C(CCCCC(O)c1ccc(C#CCCO)cc1)NO. The number of rotatable bonds is 7. The molecule has 4 N–H and O–H groups in total. The number of carbonyl (C=O) groups is 1. The van der Waals surface area contributed by atoms with Crippen LogP contribution in [0.3, 0.4) is 0 Å². The summed E-state index contributed by atoms with van der Waals surface area (Å²) in [5, 5.41) is 27.0. The fourth-order valence-electron chi connectivity index (χ4n) is 1.85. The van der Waals surface area contributed by atoms with Gasteiger partial charge in [-0.3, -0.25) is 10.0 Å². The lowest BCUT2D eigenvalue weighted by Crippen LogP contribution is -2.17. The molecule has 0 saturated carbocycles. The minimum atomic E-state index is -0.568. The maximum Gasteiger partial charge on any atom is 0.243 e. The lowest BCUT2D eigenvalue weighted by molar-refractivity contribution is -0.129. The van der Waals surface area contributed by atoms with Gasteiger partial charge in [0.25, 0.3) is 0 Å². The zero-order valence-corrected chi connectivity index (χ0v) is 11.9. The largest absolute Gasteiger partial charge is 0.395 e. The van der Waals surface area contributed by atoms with Gasteiger partial charge in [0.1, 0.15) is 0 Å². The Balaban J connectivity index is 2.39. The average molecular weight is 291 g/mol. The van der Waals surface area contributed by atoms with Gasteiger partial charge in [-0.2, -0.15) is 0 Å². The smallest absolute Gasteiger partial charge is 0.243 e. The summed E-state index contributed by atoms with van der Waals surface area (Å²) in [5.41, 5.74) is 3.24. The van der Waals surface area contributed by atoms with E-state index in [9.17, 15) is 9.90 Å². The van der Waals surface area contributed by atoms with Crippen LogP contribution in [0.25, 0.3) is 0 Å². The number of carbonyl (C=O) groups excluding carboxylic acids is 1. The number of amides is 1. The van der Waals surface area contributed by atoms with E-state index in [-0.39, 0.29) is 13.0 Å². The zero-order valence-electron chi connectivity index (χ0n) is 11.9. The molecule has 1 rings (SSSR count). The Morgan fingerprint density at radius 3 is 2.57 bits per heavy atom. The highest BCUT2D eigenvalue weighted by Gasteiger charge is 2.07. The van der Waals surface area contributed by atoms with E-state index < -0.39 is 12.0 Å². The molecule has 1 unspecified atom stereocenters. The van der Waals surface area contributed by atoms with Crippen LogP contribution in [-0.4, -0.2) is 27.9 Å². The molecule has 5 nitrogen and oxygen atoms in total. The van der Waals surface area contributed by atoms with Crippen molar-refractivity contribution in [3.8, 4) is 11.8 Å². The van der Waals surface area contributed by atoms with Crippen molar-refractivity contribution in [2.45, 2.75) is 38.2 Å². The van der Waals surface area contributed by atoms with Crippen LogP contribution in [0.15, 0.2) is 24.3 Å². The van der Waals surface area contributed by atoms with E-state index in [1.807, 2.05) is 24.3 Å². The number of nitrogens with one attached hydrogen (secondary N) is 1. The van der Waals surface area contributed by atoms with E-state index in [4.69, 9.17) is 10.3 Å². The van der Waals surface area contributed by atoms with Crippen LogP contribution < -0.4 is 5.48 Å². The number of benzene rings is 1. The van der Waals surface area contributed by atoms with Crippen molar-refractivity contribution in [2.75, 3.05) is 6.61 Å². The predicted octanol–water partition coefficient (Wildman–Crippen LogP) is 1.52. The summed E-state index contributed by atoms with van der Waals surface area (Å²) in [7, 11) is 0. The van der Waals surface area contributed by atoms with Gasteiger partial charge in [0.05, 0.1) is 12.7 Å². The van der Waals surface area contributed by atoms with Crippen molar-refractivity contribution in [3.05, 3.63) is 35.4 Å². The summed E-state index contributed by atoms with van der Waals surface area (Å²) in [6, 6.07) is 7.33. The molecule has 0 fully saturated rings. The van der Waals surface area contributed by atoms with Crippen molar-refractivity contribution in [3.63, 3.8) is 0 Å². The van der Waals surface area contributed by atoms with Gasteiger partial charge < -0.3 is 10.2 Å². The summed E-state index contributed by atoms with van der Waals surface area (Å²) < 4.78 is 0. The average Bonchev–Trinajstić information content (AvgIpc) is 2.52. The number of aliphatic hydroxyl groups is 2. The highest BCUT2D eigenvalue weighted by Crippen LogP contribution is 2.20. The Hall–Kier alpha value is -1.87. The van der Waals surface area contributed by atoms with Gasteiger partial charge in [0.2, 0.25) is 5.91 Å². The van der Waals surface area contributed by atoms with E-state index in [1.165, 1.54) is 0 Å². The number of aliphatic hydroxyl groups excluding tert-OH is 2. The van der Waals surface area contributed by atoms with Crippen molar-refractivity contribution in [2.24, 2.45) is 0 Å². The molecule has 0 aliphatic rings. The Labute approximate surface area is 124 Å². The van der Waals surface area contributed by atoms with Gasteiger partial charge in [0.15, 0.2) is 0 Å². The second-order valence-corrected chi connectivity index (χ2v) is 4.69. The van der Waals surface area contributed by atoms with Crippen LogP contribution >= 0.6 is 0 Å². The lowest BCUT2D eigenvalue weighted by atomic mass is 10.0. The summed E-state index contributed by atoms with van der Waals surface area (Å²) in [5.74, 6) is 5.35. The second-order valence-electron chi connectivity index (χ2n) is 4.69. The zero-order chi connectivity index (χ0) is 15.5. The summed E-state index contributed by atoms with van der Waals surface area (Å²) in [6.07, 6.45) is 2.02. The number of unbranched alkanes of at least 4 members (excludes halogenated alkanes) is 1. The van der Waals surface area contributed by atoms with Crippen LogP contribution in [0.4, 0.5) is 0 Å². The quantitative estimate of drug-likeness (QED) is 0.265. The summed E-state index contributed by atoms with van der Waals surface area (Å²) >= 11 is 0. The number of hydroxylamine groups is 1. The summed E-state index contributed by atoms with van der Waals surface area (Å²) in [6.45, 7) is 0.0537. The molecule has 1 amide bonds. The van der Waals surface area contributed by atoms with Crippen molar-refractivity contribution < 1.29 is 20.2 Å². The number of hydrogen-bond donors (Lipinski definition) is 4. The van der Waals surface area contributed by atoms with E-state index in [1.54, 1.807) is 5.48 Å².